The van der Waals surface area contributed by atoms with Gasteiger partial charge in [0.1, 0.15) is 0 Å². The summed E-state index contributed by atoms with van der Waals surface area (Å²) in [7, 11) is 4.26. The van der Waals surface area contributed by atoms with Crippen molar-refractivity contribution in [3.05, 3.63) is 0 Å². The van der Waals surface area contributed by atoms with Gasteiger partial charge in [-0.15, -0.1) is 24.8 Å². The van der Waals surface area contributed by atoms with E-state index in [2.05, 4.69) is 24.3 Å². The van der Waals surface area contributed by atoms with E-state index >= 15 is 0 Å². The number of hydrogen-bond donors (Lipinski definition) is 2. The molecule has 0 aliphatic heterocycles. The Labute approximate surface area is 154 Å². The number of halogens is 2. The number of rotatable bonds is 5. The molecule has 0 aromatic heterocycles. The van der Waals surface area contributed by atoms with Crippen molar-refractivity contribution in [2.24, 2.45) is 11.7 Å². The minimum Gasteiger partial charge on any atom is -0.353 e. The Morgan fingerprint density at radius 1 is 1.09 bits per heavy atom. The van der Waals surface area contributed by atoms with Crippen LogP contribution < -0.4 is 11.1 Å². The Bertz CT molecular complexity index is 341. The number of amides is 1. The molecule has 6 heteroatoms. The van der Waals surface area contributed by atoms with Crippen molar-refractivity contribution in [2.45, 2.75) is 75.8 Å². The van der Waals surface area contributed by atoms with Crippen LogP contribution in [0.4, 0.5) is 0 Å². The third-order valence-corrected chi connectivity index (χ3v) is 5.53. The number of likely N-dealkylation sites (N-methyl/N-ethyl adjacent to an activating group) is 1. The zero-order valence-electron chi connectivity index (χ0n) is 14.7. The Hall–Kier alpha value is -0.0300. The fourth-order valence-electron chi connectivity index (χ4n) is 4.07. The van der Waals surface area contributed by atoms with Crippen LogP contribution in [-0.4, -0.2) is 43.0 Å². The smallest absolute Gasteiger partial charge is 0.240 e. The lowest BCUT2D eigenvalue weighted by Gasteiger charge is -2.37. The molecule has 2 rings (SSSR count). The van der Waals surface area contributed by atoms with Crippen LogP contribution in [0.5, 0.6) is 0 Å². The molecular formula is C17H35Cl2N3O. The maximum absolute atomic E-state index is 12.5. The van der Waals surface area contributed by atoms with E-state index in [1.165, 1.54) is 38.5 Å². The first-order chi connectivity index (χ1) is 10.0. The molecule has 2 saturated carbocycles. The van der Waals surface area contributed by atoms with Gasteiger partial charge in [0.05, 0.1) is 5.54 Å². The van der Waals surface area contributed by atoms with E-state index in [9.17, 15) is 4.79 Å². The Balaban J connectivity index is 0.00000242. The topological polar surface area (TPSA) is 58.4 Å². The third-order valence-electron chi connectivity index (χ3n) is 5.53. The van der Waals surface area contributed by atoms with Gasteiger partial charge in [0.2, 0.25) is 5.91 Å². The Morgan fingerprint density at radius 2 is 1.61 bits per heavy atom. The number of carbonyl (C=O) groups is 1. The molecule has 0 radical (unpaired) electrons. The number of nitrogens with zero attached hydrogens (tertiary/aromatic N) is 1. The summed E-state index contributed by atoms with van der Waals surface area (Å²) in [5.41, 5.74) is 5.71. The van der Waals surface area contributed by atoms with Gasteiger partial charge in [0.25, 0.3) is 0 Å². The van der Waals surface area contributed by atoms with Gasteiger partial charge >= 0.3 is 0 Å². The highest BCUT2D eigenvalue weighted by molar-refractivity contribution is 5.86. The molecule has 4 nitrogen and oxygen atoms in total. The lowest BCUT2D eigenvalue weighted by Crippen LogP contribution is -2.57. The number of hydrogen-bond acceptors (Lipinski definition) is 3. The molecule has 0 aromatic carbocycles. The highest BCUT2D eigenvalue weighted by Gasteiger charge is 2.36. The summed E-state index contributed by atoms with van der Waals surface area (Å²) in [6, 6.07) is 0.446. The molecular weight excluding hydrogens is 333 g/mol. The minimum absolute atomic E-state index is 0. The maximum Gasteiger partial charge on any atom is 0.240 e. The standard InChI is InChI=1S/C17H33N3O.2ClH/c1-20(2)15(14-9-5-3-6-10-14)13-19-16(21)17(18)11-7-4-8-12-17;;/h14-15H,3-13,18H2,1-2H3,(H,19,21);2*1H. The van der Waals surface area contributed by atoms with Gasteiger partial charge in [-0.25, -0.2) is 0 Å². The highest BCUT2D eigenvalue weighted by atomic mass is 35.5. The predicted octanol–water partition coefficient (Wildman–Crippen LogP) is 3.12. The molecule has 1 unspecified atom stereocenters. The van der Waals surface area contributed by atoms with E-state index in [0.717, 1.165) is 32.2 Å². The molecule has 0 saturated heterocycles. The van der Waals surface area contributed by atoms with Gasteiger partial charge < -0.3 is 16.0 Å². The van der Waals surface area contributed by atoms with Gasteiger partial charge in [-0.1, -0.05) is 38.5 Å². The second-order valence-corrected chi connectivity index (χ2v) is 7.36. The van der Waals surface area contributed by atoms with Crippen LogP contribution in [0.1, 0.15) is 64.2 Å². The van der Waals surface area contributed by atoms with Crippen molar-refractivity contribution in [3.8, 4) is 0 Å². The van der Waals surface area contributed by atoms with Gasteiger partial charge in [-0.3, -0.25) is 4.79 Å². The monoisotopic (exact) mass is 367 g/mol. The zero-order chi connectivity index (χ0) is 15.3. The number of nitrogens with two attached hydrogens (primary N) is 1. The van der Waals surface area contributed by atoms with Crippen molar-refractivity contribution in [1.82, 2.24) is 10.2 Å². The van der Waals surface area contributed by atoms with Gasteiger partial charge in [-0.05, 0) is 45.7 Å². The van der Waals surface area contributed by atoms with Gasteiger partial charge in [0.15, 0.2) is 0 Å². The van der Waals surface area contributed by atoms with E-state index in [4.69, 9.17) is 5.73 Å². The first-order valence-corrected chi connectivity index (χ1v) is 8.76. The van der Waals surface area contributed by atoms with Crippen molar-refractivity contribution >= 4 is 30.7 Å². The first kappa shape index (κ1) is 23.0. The van der Waals surface area contributed by atoms with Crippen LogP contribution in [0.3, 0.4) is 0 Å². The molecule has 1 amide bonds. The Morgan fingerprint density at radius 3 is 2.13 bits per heavy atom. The molecule has 3 N–H and O–H groups in total. The second-order valence-electron chi connectivity index (χ2n) is 7.36. The van der Waals surface area contributed by atoms with E-state index in [-0.39, 0.29) is 30.7 Å². The molecule has 2 fully saturated rings. The van der Waals surface area contributed by atoms with Crippen LogP contribution in [0.2, 0.25) is 0 Å². The van der Waals surface area contributed by atoms with Crippen molar-refractivity contribution in [3.63, 3.8) is 0 Å². The highest BCUT2D eigenvalue weighted by Crippen LogP contribution is 2.29. The van der Waals surface area contributed by atoms with E-state index in [1.54, 1.807) is 0 Å². The average molecular weight is 368 g/mol. The van der Waals surface area contributed by atoms with Gasteiger partial charge in [-0.2, -0.15) is 0 Å². The summed E-state index contributed by atoms with van der Waals surface area (Å²) >= 11 is 0. The summed E-state index contributed by atoms with van der Waals surface area (Å²) < 4.78 is 0. The summed E-state index contributed by atoms with van der Waals surface area (Å²) in [5, 5.41) is 3.17. The summed E-state index contributed by atoms with van der Waals surface area (Å²) in [4.78, 5) is 14.8. The zero-order valence-corrected chi connectivity index (χ0v) is 16.3. The van der Waals surface area contributed by atoms with Gasteiger partial charge in [0, 0.05) is 12.6 Å². The quantitative estimate of drug-likeness (QED) is 0.784. The molecule has 0 heterocycles. The largest absolute Gasteiger partial charge is 0.353 e. The molecule has 23 heavy (non-hydrogen) atoms. The van der Waals surface area contributed by atoms with E-state index in [0.29, 0.717) is 12.0 Å². The van der Waals surface area contributed by atoms with Crippen LogP contribution in [0.25, 0.3) is 0 Å². The van der Waals surface area contributed by atoms with Crippen LogP contribution in [-0.2, 0) is 4.79 Å². The maximum atomic E-state index is 12.5. The summed E-state index contributed by atoms with van der Waals surface area (Å²) in [6.07, 6.45) is 11.7. The summed E-state index contributed by atoms with van der Waals surface area (Å²) in [5.74, 6) is 0.791. The molecule has 1 atom stereocenters. The van der Waals surface area contributed by atoms with Crippen molar-refractivity contribution < 1.29 is 4.79 Å². The number of carbonyl (C=O) groups excluding carboxylic acids is 1. The van der Waals surface area contributed by atoms with E-state index in [1.807, 2.05) is 0 Å². The normalized spacial score (nSPS) is 22.6. The minimum atomic E-state index is -0.609. The SMILES string of the molecule is CN(C)C(CNC(=O)C1(N)CCCCC1)C1CCCCC1.Cl.Cl. The molecule has 0 spiro atoms. The average Bonchev–Trinajstić information content (AvgIpc) is 2.48. The molecule has 138 valence electrons. The van der Waals surface area contributed by atoms with Crippen LogP contribution in [0.15, 0.2) is 0 Å². The van der Waals surface area contributed by atoms with E-state index < -0.39 is 5.54 Å². The summed E-state index contributed by atoms with van der Waals surface area (Å²) in [6.45, 7) is 0.745. The fourth-order valence-corrected chi connectivity index (χ4v) is 4.07. The van der Waals surface area contributed by atoms with Crippen molar-refractivity contribution in [2.75, 3.05) is 20.6 Å². The molecule has 2 aliphatic carbocycles. The van der Waals surface area contributed by atoms with Crippen LogP contribution in [0, 0.1) is 5.92 Å². The van der Waals surface area contributed by atoms with Crippen LogP contribution >= 0.6 is 24.8 Å². The molecule has 0 bridgehead atoms. The lowest BCUT2D eigenvalue weighted by molar-refractivity contribution is -0.127. The van der Waals surface area contributed by atoms with Crippen molar-refractivity contribution in [1.29, 1.82) is 0 Å². The molecule has 0 aromatic rings. The fraction of sp³-hybridized carbons (Fsp3) is 0.941. The lowest BCUT2D eigenvalue weighted by atomic mass is 9.81. The third kappa shape index (κ3) is 6.41. The first-order valence-electron chi connectivity index (χ1n) is 8.76. The number of nitrogens with one attached hydrogen (secondary N) is 1. The predicted molar refractivity (Wildman–Crippen MR) is 102 cm³/mol. The molecule has 2 aliphatic rings. The second kappa shape index (κ2) is 10.8. The Kier molecular flexibility index (Phi) is 10.7.